The standard InChI is InChI=1S/C18H13N3O7S2/c22-20(23)14-8-11-18(17(12-14)21(24)25)30(27,28)19-13-6-9-16(10-7-13)29(26)15-4-2-1-3-5-15/h1-12,19H. The summed E-state index contributed by atoms with van der Waals surface area (Å²) in [7, 11) is -5.87. The molecule has 1 atom stereocenters. The first kappa shape index (κ1) is 21.1. The van der Waals surface area contributed by atoms with Crippen molar-refractivity contribution in [2.75, 3.05) is 4.72 Å². The van der Waals surface area contributed by atoms with Crippen LogP contribution >= 0.6 is 0 Å². The van der Waals surface area contributed by atoms with E-state index in [9.17, 15) is 32.9 Å². The molecule has 3 rings (SSSR count). The van der Waals surface area contributed by atoms with Crippen LogP contribution in [0, 0.1) is 20.2 Å². The Morgan fingerprint density at radius 3 is 1.97 bits per heavy atom. The second-order valence-electron chi connectivity index (χ2n) is 5.88. The van der Waals surface area contributed by atoms with Gasteiger partial charge < -0.3 is 0 Å². The molecule has 0 aliphatic heterocycles. The zero-order valence-corrected chi connectivity index (χ0v) is 16.6. The normalized spacial score (nSPS) is 12.1. The summed E-state index contributed by atoms with van der Waals surface area (Å²) < 4.78 is 39.9. The van der Waals surface area contributed by atoms with Gasteiger partial charge in [-0.15, -0.1) is 0 Å². The van der Waals surface area contributed by atoms with Gasteiger partial charge in [0.15, 0.2) is 4.90 Å². The summed E-state index contributed by atoms with van der Waals surface area (Å²) in [6.45, 7) is 0. The van der Waals surface area contributed by atoms with Crippen molar-refractivity contribution in [2.45, 2.75) is 14.7 Å². The summed E-state index contributed by atoms with van der Waals surface area (Å²) in [4.78, 5) is 20.5. The minimum absolute atomic E-state index is 0.0801. The Bertz CT molecular complexity index is 1240. The summed E-state index contributed by atoms with van der Waals surface area (Å²) in [6.07, 6.45) is 0. The van der Waals surface area contributed by atoms with Crippen LogP contribution in [-0.4, -0.2) is 22.5 Å². The number of benzene rings is 3. The van der Waals surface area contributed by atoms with E-state index in [1.807, 2.05) is 0 Å². The molecule has 0 spiro atoms. The van der Waals surface area contributed by atoms with Crippen molar-refractivity contribution in [3.8, 4) is 0 Å². The van der Waals surface area contributed by atoms with Gasteiger partial charge in [0.25, 0.3) is 21.4 Å². The molecule has 0 fully saturated rings. The predicted molar refractivity (Wildman–Crippen MR) is 108 cm³/mol. The van der Waals surface area contributed by atoms with Crippen molar-refractivity contribution in [1.29, 1.82) is 0 Å². The fraction of sp³-hybridized carbons (Fsp3) is 0. The van der Waals surface area contributed by atoms with Crippen molar-refractivity contribution in [3.63, 3.8) is 0 Å². The molecule has 0 saturated carbocycles. The zero-order valence-electron chi connectivity index (χ0n) is 15.0. The van der Waals surface area contributed by atoms with Crippen LogP contribution in [0.2, 0.25) is 0 Å². The number of hydrogen-bond donors (Lipinski definition) is 1. The SMILES string of the molecule is O=[N+]([O-])c1ccc(S(=O)(=O)Nc2ccc(S(=O)c3ccccc3)cc2)c([N+](=O)[O-])c1. The van der Waals surface area contributed by atoms with Crippen LogP contribution in [0.25, 0.3) is 0 Å². The lowest BCUT2D eigenvalue weighted by Gasteiger charge is -2.09. The summed E-state index contributed by atoms with van der Waals surface area (Å²) in [5.41, 5.74) is -1.44. The molecule has 0 radical (unpaired) electrons. The Hall–Kier alpha value is -3.64. The number of non-ortho nitro benzene ring substituents is 1. The van der Waals surface area contributed by atoms with Gasteiger partial charge in [-0.2, -0.15) is 0 Å². The topological polar surface area (TPSA) is 150 Å². The molecule has 1 unspecified atom stereocenters. The highest BCUT2D eigenvalue weighted by molar-refractivity contribution is 7.92. The first-order valence-electron chi connectivity index (χ1n) is 8.21. The number of rotatable bonds is 7. The number of nitrogens with one attached hydrogen (secondary N) is 1. The zero-order chi connectivity index (χ0) is 21.9. The van der Waals surface area contributed by atoms with Gasteiger partial charge in [0, 0.05) is 21.5 Å². The molecule has 10 nitrogen and oxygen atoms in total. The van der Waals surface area contributed by atoms with Gasteiger partial charge in [0.05, 0.1) is 26.7 Å². The Balaban J connectivity index is 1.88. The summed E-state index contributed by atoms with van der Waals surface area (Å²) >= 11 is 0. The van der Waals surface area contributed by atoms with Gasteiger partial charge in [-0.3, -0.25) is 25.0 Å². The van der Waals surface area contributed by atoms with Gasteiger partial charge in [-0.05, 0) is 42.5 Å². The molecule has 0 saturated heterocycles. The van der Waals surface area contributed by atoms with Crippen molar-refractivity contribution in [2.24, 2.45) is 0 Å². The van der Waals surface area contributed by atoms with Gasteiger partial charge in [0.2, 0.25) is 0 Å². The van der Waals surface area contributed by atoms with E-state index in [-0.39, 0.29) is 5.69 Å². The second kappa shape index (κ2) is 8.39. The lowest BCUT2D eigenvalue weighted by Crippen LogP contribution is -2.15. The van der Waals surface area contributed by atoms with E-state index in [0.717, 1.165) is 12.1 Å². The molecule has 0 bridgehead atoms. The Labute approximate surface area is 173 Å². The molecular weight excluding hydrogens is 434 g/mol. The molecule has 0 amide bonds. The lowest BCUT2D eigenvalue weighted by atomic mass is 10.3. The van der Waals surface area contributed by atoms with Crippen molar-refractivity contribution in [3.05, 3.63) is 93.0 Å². The van der Waals surface area contributed by atoms with E-state index in [0.29, 0.717) is 15.9 Å². The number of hydrogen-bond acceptors (Lipinski definition) is 7. The third-order valence-electron chi connectivity index (χ3n) is 3.92. The summed E-state index contributed by atoms with van der Waals surface area (Å²) in [5.74, 6) is 0. The fourth-order valence-corrected chi connectivity index (χ4v) is 4.80. The Morgan fingerprint density at radius 1 is 0.800 bits per heavy atom. The van der Waals surface area contributed by atoms with Gasteiger partial charge >= 0.3 is 0 Å². The first-order chi connectivity index (χ1) is 14.2. The average molecular weight is 447 g/mol. The number of sulfonamides is 1. The predicted octanol–water partition coefficient (Wildman–Crippen LogP) is 3.47. The lowest BCUT2D eigenvalue weighted by molar-refractivity contribution is -0.396. The molecule has 12 heteroatoms. The van der Waals surface area contributed by atoms with Gasteiger partial charge in [0.1, 0.15) is 0 Å². The average Bonchev–Trinajstić information content (AvgIpc) is 2.73. The Kier molecular flexibility index (Phi) is 5.89. The van der Waals surface area contributed by atoms with E-state index < -0.39 is 46.9 Å². The number of nitro benzene ring substituents is 2. The van der Waals surface area contributed by atoms with Crippen molar-refractivity contribution >= 4 is 37.9 Å². The minimum atomic E-state index is -4.41. The van der Waals surface area contributed by atoms with E-state index in [4.69, 9.17) is 0 Å². The van der Waals surface area contributed by atoms with Gasteiger partial charge in [-0.25, -0.2) is 12.6 Å². The molecule has 30 heavy (non-hydrogen) atoms. The molecule has 154 valence electrons. The highest BCUT2D eigenvalue weighted by atomic mass is 32.2. The minimum Gasteiger partial charge on any atom is -0.279 e. The summed E-state index contributed by atoms with van der Waals surface area (Å²) in [6, 6.07) is 16.6. The second-order valence-corrected chi connectivity index (χ2v) is 9.01. The number of nitro groups is 2. The summed E-state index contributed by atoms with van der Waals surface area (Å²) in [5, 5.41) is 22.0. The van der Waals surface area contributed by atoms with Crippen LogP contribution in [0.1, 0.15) is 0 Å². The molecule has 0 aromatic heterocycles. The van der Waals surface area contributed by atoms with Crippen molar-refractivity contribution in [1.82, 2.24) is 0 Å². The van der Waals surface area contributed by atoms with E-state index in [1.54, 1.807) is 30.3 Å². The van der Waals surface area contributed by atoms with E-state index >= 15 is 0 Å². The highest BCUT2D eigenvalue weighted by Gasteiger charge is 2.28. The smallest absolute Gasteiger partial charge is 0.279 e. The number of nitrogens with zero attached hydrogens (tertiary/aromatic N) is 2. The molecule has 1 N–H and O–H groups in total. The van der Waals surface area contributed by atoms with Crippen LogP contribution in [0.4, 0.5) is 17.1 Å². The van der Waals surface area contributed by atoms with E-state index in [2.05, 4.69) is 4.72 Å². The van der Waals surface area contributed by atoms with Gasteiger partial charge in [-0.1, -0.05) is 18.2 Å². The maximum atomic E-state index is 12.6. The van der Waals surface area contributed by atoms with Crippen LogP contribution < -0.4 is 4.72 Å². The third kappa shape index (κ3) is 4.50. The largest absolute Gasteiger partial charge is 0.296 e. The first-order valence-corrected chi connectivity index (χ1v) is 10.8. The maximum absolute atomic E-state index is 12.6. The quantitative estimate of drug-likeness (QED) is 0.430. The van der Waals surface area contributed by atoms with Crippen LogP contribution in [0.15, 0.2) is 87.5 Å². The molecule has 0 aliphatic rings. The molecule has 3 aromatic rings. The Morgan fingerprint density at radius 2 is 1.40 bits per heavy atom. The van der Waals surface area contributed by atoms with Crippen LogP contribution in [0.5, 0.6) is 0 Å². The van der Waals surface area contributed by atoms with E-state index in [1.165, 1.54) is 24.3 Å². The molecule has 0 heterocycles. The highest BCUT2D eigenvalue weighted by Crippen LogP contribution is 2.30. The van der Waals surface area contributed by atoms with Crippen molar-refractivity contribution < 1.29 is 22.5 Å². The van der Waals surface area contributed by atoms with Crippen LogP contribution in [-0.2, 0) is 20.8 Å². The third-order valence-corrected chi connectivity index (χ3v) is 6.75. The fourth-order valence-electron chi connectivity index (χ4n) is 2.53. The monoisotopic (exact) mass is 447 g/mol. The molecule has 0 aliphatic carbocycles. The molecule has 3 aromatic carbocycles. The number of anilines is 1. The van der Waals surface area contributed by atoms with Crippen LogP contribution in [0.3, 0.4) is 0 Å². The molecular formula is C18H13N3O7S2. The maximum Gasteiger partial charge on any atom is 0.296 e.